The highest BCUT2D eigenvalue weighted by molar-refractivity contribution is 6.16. The standard InChI is InChI=1S/C59H41NO/c1-59(2)53-27-12-10-24-47(53)48-32-30-42(36-54(48)59)60(43-31-33-50-49-25-11-13-29-56(49)61-57(50)37-43)55-28-15-26-51(58(55)41-20-14-19-39(34-41)38-16-4-3-5-17-38)52-35-40-18-6-7-21-44(40)45-22-8-9-23-46(45)52/h3-37H,1-2H3. The second kappa shape index (κ2) is 13.7. The molecule has 0 saturated heterocycles. The van der Waals surface area contributed by atoms with Crippen molar-refractivity contribution in [1.82, 2.24) is 0 Å². The third-order valence-electron chi connectivity index (χ3n) is 13.0. The maximum absolute atomic E-state index is 6.60. The SMILES string of the molecule is CC1(C)c2ccccc2-c2ccc(N(c3ccc4c(c3)oc3ccccc34)c3cccc(-c4cc5ccccc5c5ccccc45)c3-c3cccc(-c4ccccc4)c3)cc21. The number of hydrogen-bond donors (Lipinski definition) is 0. The lowest BCUT2D eigenvalue weighted by Gasteiger charge is -2.31. The first kappa shape index (κ1) is 35.3. The van der Waals surface area contributed by atoms with Gasteiger partial charge in [-0.2, -0.15) is 0 Å². The summed E-state index contributed by atoms with van der Waals surface area (Å²) >= 11 is 0. The summed E-state index contributed by atoms with van der Waals surface area (Å²) in [7, 11) is 0. The van der Waals surface area contributed by atoms with Crippen molar-refractivity contribution in [3.8, 4) is 44.5 Å². The molecule has 0 spiro atoms. The predicted octanol–water partition coefficient (Wildman–Crippen LogP) is 16.7. The quantitative estimate of drug-likeness (QED) is 0.156. The Bertz CT molecular complexity index is 3520. The van der Waals surface area contributed by atoms with Gasteiger partial charge in [0.15, 0.2) is 0 Å². The maximum atomic E-state index is 6.60. The van der Waals surface area contributed by atoms with Crippen molar-refractivity contribution in [3.05, 3.63) is 223 Å². The van der Waals surface area contributed by atoms with Crippen LogP contribution in [0.1, 0.15) is 25.0 Å². The summed E-state index contributed by atoms with van der Waals surface area (Å²) in [5.74, 6) is 0. The van der Waals surface area contributed by atoms with Gasteiger partial charge in [-0.1, -0.05) is 172 Å². The molecule has 0 fully saturated rings. The largest absolute Gasteiger partial charge is 0.456 e. The average Bonchev–Trinajstić information content (AvgIpc) is 3.80. The van der Waals surface area contributed by atoms with E-state index in [0.29, 0.717) is 0 Å². The molecule has 0 unspecified atom stereocenters. The van der Waals surface area contributed by atoms with E-state index in [1.807, 2.05) is 6.07 Å². The molecule has 0 radical (unpaired) electrons. The van der Waals surface area contributed by atoms with Crippen LogP contribution in [0.5, 0.6) is 0 Å². The van der Waals surface area contributed by atoms with Gasteiger partial charge in [0.05, 0.1) is 5.69 Å². The number of anilines is 3. The molecule has 288 valence electrons. The minimum absolute atomic E-state index is 0.172. The van der Waals surface area contributed by atoms with Crippen LogP contribution in [0, 0.1) is 0 Å². The highest BCUT2D eigenvalue weighted by Gasteiger charge is 2.36. The van der Waals surface area contributed by atoms with E-state index in [2.05, 4.69) is 225 Å². The lowest BCUT2D eigenvalue weighted by atomic mass is 9.82. The van der Waals surface area contributed by atoms with Crippen LogP contribution in [-0.2, 0) is 5.41 Å². The van der Waals surface area contributed by atoms with Gasteiger partial charge in [0, 0.05) is 39.2 Å². The fourth-order valence-corrected chi connectivity index (χ4v) is 10.1. The number of para-hydroxylation sites is 1. The molecule has 0 amide bonds. The molecule has 1 aromatic heterocycles. The Morgan fingerprint density at radius 2 is 0.984 bits per heavy atom. The number of furan rings is 1. The van der Waals surface area contributed by atoms with E-state index in [-0.39, 0.29) is 5.41 Å². The van der Waals surface area contributed by atoms with Gasteiger partial charge in [0.2, 0.25) is 0 Å². The van der Waals surface area contributed by atoms with Crippen LogP contribution >= 0.6 is 0 Å². The van der Waals surface area contributed by atoms with Gasteiger partial charge in [-0.05, 0) is 120 Å². The predicted molar refractivity (Wildman–Crippen MR) is 257 cm³/mol. The minimum Gasteiger partial charge on any atom is -0.456 e. The second-order valence-electron chi connectivity index (χ2n) is 16.9. The van der Waals surface area contributed by atoms with Gasteiger partial charge < -0.3 is 9.32 Å². The van der Waals surface area contributed by atoms with Crippen molar-refractivity contribution in [2.45, 2.75) is 19.3 Å². The molecule has 61 heavy (non-hydrogen) atoms. The van der Waals surface area contributed by atoms with E-state index < -0.39 is 0 Å². The lowest BCUT2D eigenvalue weighted by molar-refractivity contribution is 0.660. The maximum Gasteiger partial charge on any atom is 0.137 e. The molecule has 11 aromatic rings. The summed E-state index contributed by atoms with van der Waals surface area (Å²) in [5, 5.41) is 7.18. The van der Waals surface area contributed by atoms with Gasteiger partial charge in [0.1, 0.15) is 11.2 Å². The van der Waals surface area contributed by atoms with Crippen LogP contribution < -0.4 is 4.90 Å². The van der Waals surface area contributed by atoms with E-state index in [0.717, 1.165) is 50.1 Å². The van der Waals surface area contributed by atoms with Crippen molar-refractivity contribution in [2.75, 3.05) is 4.90 Å². The Morgan fingerprint density at radius 3 is 1.87 bits per heavy atom. The molecule has 0 atom stereocenters. The molecule has 0 saturated carbocycles. The zero-order valence-electron chi connectivity index (χ0n) is 34.1. The molecule has 0 bridgehead atoms. The molecule has 12 rings (SSSR count). The Hall–Kier alpha value is -7.68. The molecule has 0 aliphatic heterocycles. The smallest absolute Gasteiger partial charge is 0.137 e. The Kier molecular flexibility index (Phi) is 7.92. The molecule has 0 N–H and O–H groups in total. The van der Waals surface area contributed by atoms with Crippen LogP contribution in [0.4, 0.5) is 17.1 Å². The zero-order chi connectivity index (χ0) is 40.7. The molecule has 1 aliphatic rings. The number of benzene rings is 10. The van der Waals surface area contributed by atoms with Gasteiger partial charge in [0.25, 0.3) is 0 Å². The van der Waals surface area contributed by atoms with E-state index in [1.165, 1.54) is 66.1 Å². The second-order valence-corrected chi connectivity index (χ2v) is 16.9. The molecular formula is C59H41NO. The van der Waals surface area contributed by atoms with Crippen molar-refractivity contribution in [3.63, 3.8) is 0 Å². The Balaban J connectivity index is 1.17. The molecule has 2 heteroatoms. The summed E-state index contributed by atoms with van der Waals surface area (Å²) in [6.07, 6.45) is 0. The number of nitrogens with zero attached hydrogens (tertiary/aromatic N) is 1. The highest BCUT2D eigenvalue weighted by Crippen LogP contribution is 2.53. The first-order valence-corrected chi connectivity index (χ1v) is 21.2. The van der Waals surface area contributed by atoms with Crippen molar-refractivity contribution >= 4 is 60.5 Å². The minimum atomic E-state index is -0.172. The van der Waals surface area contributed by atoms with Crippen molar-refractivity contribution in [2.24, 2.45) is 0 Å². The summed E-state index contributed by atoms with van der Waals surface area (Å²) < 4.78 is 6.60. The number of fused-ring (bicyclic) bond motifs is 9. The van der Waals surface area contributed by atoms with Gasteiger partial charge in [-0.3, -0.25) is 0 Å². The molecular weight excluding hydrogens is 739 g/mol. The Morgan fingerprint density at radius 1 is 0.361 bits per heavy atom. The molecule has 1 aliphatic carbocycles. The van der Waals surface area contributed by atoms with E-state index in [4.69, 9.17) is 4.42 Å². The van der Waals surface area contributed by atoms with Crippen LogP contribution in [-0.4, -0.2) is 0 Å². The van der Waals surface area contributed by atoms with E-state index >= 15 is 0 Å². The topological polar surface area (TPSA) is 16.4 Å². The first-order chi connectivity index (χ1) is 30.0. The number of rotatable bonds is 6. The Labute approximate surface area is 355 Å². The zero-order valence-corrected chi connectivity index (χ0v) is 34.1. The normalized spacial score (nSPS) is 12.9. The van der Waals surface area contributed by atoms with E-state index in [1.54, 1.807) is 0 Å². The van der Waals surface area contributed by atoms with Gasteiger partial charge in [-0.15, -0.1) is 0 Å². The van der Waals surface area contributed by atoms with E-state index in [9.17, 15) is 0 Å². The van der Waals surface area contributed by atoms with Crippen LogP contribution in [0.2, 0.25) is 0 Å². The van der Waals surface area contributed by atoms with Crippen molar-refractivity contribution < 1.29 is 4.42 Å². The van der Waals surface area contributed by atoms with Gasteiger partial charge in [-0.25, -0.2) is 0 Å². The monoisotopic (exact) mass is 779 g/mol. The molecule has 1 heterocycles. The van der Waals surface area contributed by atoms with Gasteiger partial charge >= 0.3 is 0 Å². The molecule has 10 aromatic carbocycles. The summed E-state index contributed by atoms with van der Waals surface area (Å²) in [6.45, 7) is 4.72. The average molecular weight is 780 g/mol. The fraction of sp³-hybridized carbons (Fsp3) is 0.0508. The summed E-state index contributed by atoms with van der Waals surface area (Å²) in [6, 6.07) is 77.7. The number of hydrogen-bond acceptors (Lipinski definition) is 2. The van der Waals surface area contributed by atoms with Crippen LogP contribution in [0.25, 0.3) is 88.0 Å². The third kappa shape index (κ3) is 5.56. The first-order valence-electron chi connectivity index (χ1n) is 21.2. The third-order valence-corrected chi connectivity index (χ3v) is 13.0. The summed E-state index contributed by atoms with van der Waals surface area (Å²) in [4.78, 5) is 2.46. The van der Waals surface area contributed by atoms with Crippen LogP contribution in [0.15, 0.2) is 217 Å². The highest BCUT2D eigenvalue weighted by atomic mass is 16.3. The lowest BCUT2D eigenvalue weighted by Crippen LogP contribution is -2.17. The van der Waals surface area contributed by atoms with Crippen LogP contribution in [0.3, 0.4) is 0 Å². The van der Waals surface area contributed by atoms with Crippen molar-refractivity contribution in [1.29, 1.82) is 0 Å². The molecule has 2 nitrogen and oxygen atoms in total. The summed E-state index contributed by atoms with van der Waals surface area (Å²) in [5.41, 5.74) is 17.1. The fourth-order valence-electron chi connectivity index (χ4n) is 10.1.